The van der Waals surface area contributed by atoms with Crippen LogP contribution in [0.2, 0.25) is 0 Å². The van der Waals surface area contributed by atoms with E-state index in [-0.39, 0.29) is 11.8 Å². The van der Waals surface area contributed by atoms with Gasteiger partial charge in [0.25, 0.3) is 0 Å². The van der Waals surface area contributed by atoms with Crippen molar-refractivity contribution in [1.29, 1.82) is 0 Å². The molecule has 1 saturated heterocycles. The Labute approximate surface area is 112 Å². The third-order valence-corrected chi connectivity index (χ3v) is 4.31. The first kappa shape index (κ1) is 12.6. The highest BCUT2D eigenvalue weighted by Crippen LogP contribution is 2.25. The molecule has 2 atom stereocenters. The fourth-order valence-electron chi connectivity index (χ4n) is 3.20. The quantitative estimate of drug-likeness (QED) is 0.873. The third kappa shape index (κ3) is 2.36. The smallest absolute Gasteiger partial charge is 0.308 e. The molecule has 1 aromatic rings. The largest absolute Gasteiger partial charge is 0.481 e. The number of fused-ring (bicyclic) bond motifs is 1. The molecule has 6 heteroatoms. The number of hydrogen-bond donors (Lipinski definition) is 1. The van der Waals surface area contributed by atoms with E-state index < -0.39 is 5.97 Å². The number of rotatable bonds is 3. The van der Waals surface area contributed by atoms with E-state index in [9.17, 15) is 4.79 Å². The fraction of sp³-hybridized carbons (Fsp3) is 0.769. The number of nitrogens with zero attached hydrogens (tertiary/aromatic N) is 4. The van der Waals surface area contributed by atoms with Crippen LogP contribution in [0, 0.1) is 11.8 Å². The molecule has 1 N–H and O–H groups in total. The SMILES string of the molecule is C[C@@H]1CN(Cc2nnc3n2CCCC3)C[C@H]1C(=O)O. The second kappa shape index (κ2) is 4.92. The maximum atomic E-state index is 11.1. The van der Waals surface area contributed by atoms with Crippen LogP contribution in [0.15, 0.2) is 0 Å². The first-order chi connectivity index (χ1) is 9.15. The molecule has 0 bridgehead atoms. The number of aromatic nitrogens is 3. The van der Waals surface area contributed by atoms with Crippen LogP contribution in [0.1, 0.15) is 31.4 Å². The van der Waals surface area contributed by atoms with E-state index in [1.165, 1.54) is 12.8 Å². The van der Waals surface area contributed by atoms with Crippen molar-refractivity contribution in [1.82, 2.24) is 19.7 Å². The molecule has 1 fully saturated rings. The zero-order valence-corrected chi connectivity index (χ0v) is 11.2. The summed E-state index contributed by atoms with van der Waals surface area (Å²) in [5.41, 5.74) is 0. The van der Waals surface area contributed by atoms with Crippen molar-refractivity contribution < 1.29 is 9.90 Å². The monoisotopic (exact) mass is 264 g/mol. The maximum absolute atomic E-state index is 11.1. The van der Waals surface area contributed by atoms with Gasteiger partial charge in [-0.15, -0.1) is 10.2 Å². The van der Waals surface area contributed by atoms with Crippen LogP contribution in [0.25, 0.3) is 0 Å². The maximum Gasteiger partial charge on any atom is 0.308 e. The van der Waals surface area contributed by atoms with E-state index >= 15 is 0 Å². The molecule has 19 heavy (non-hydrogen) atoms. The Kier molecular flexibility index (Phi) is 3.26. The summed E-state index contributed by atoms with van der Waals surface area (Å²) in [6.07, 6.45) is 3.40. The van der Waals surface area contributed by atoms with Gasteiger partial charge >= 0.3 is 5.97 Å². The van der Waals surface area contributed by atoms with Gasteiger partial charge in [-0.2, -0.15) is 0 Å². The summed E-state index contributed by atoms with van der Waals surface area (Å²) in [4.78, 5) is 13.3. The Morgan fingerprint density at radius 1 is 1.37 bits per heavy atom. The minimum absolute atomic E-state index is 0.209. The van der Waals surface area contributed by atoms with Gasteiger partial charge in [-0.3, -0.25) is 9.69 Å². The van der Waals surface area contributed by atoms with Gasteiger partial charge in [0.1, 0.15) is 11.6 Å². The standard InChI is InChI=1S/C13H20N4O2/c1-9-6-16(7-10(9)13(18)19)8-12-15-14-11-4-2-3-5-17(11)12/h9-10H,2-8H2,1H3,(H,18,19)/t9-,10-/m1/s1. The van der Waals surface area contributed by atoms with Gasteiger partial charge in [-0.25, -0.2) is 0 Å². The van der Waals surface area contributed by atoms with Crippen molar-refractivity contribution >= 4 is 5.97 Å². The molecule has 0 spiro atoms. The highest BCUT2D eigenvalue weighted by molar-refractivity contribution is 5.71. The van der Waals surface area contributed by atoms with Crippen LogP contribution in [-0.2, 0) is 24.3 Å². The molecule has 0 aromatic carbocycles. The Balaban J connectivity index is 1.69. The highest BCUT2D eigenvalue weighted by atomic mass is 16.4. The first-order valence-electron chi connectivity index (χ1n) is 7.01. The van der Waals surface area contributed by atoms with Gasteiger partial charge in [0.2, 0.25) is 0 Å². The van der Waals surface area contributed by atoms with Gasteiger partial charge in [0.15, 0.2) is 0 Å². The van der Waals surface area contributed by atoms with Crippen LogP contribution < -0.4 is 0 Å². The number of aliphatic carboxylic acids is 1. The summed E-state index contributed by atoms with van der Waals surface area (Å²) >= 11 is 0. The molecule has 0 radical (unpaired) electrons. The van der Waals surface area contributed by atoms with E-state index in [0.29, 0.717) is 6.54 Å². The van der Waals surface area contributed by atoms with Crippen LogP contribution in [0.4, 0.5) is 0 Å². The summed E-state index contributed by atoms with van der Waals surface area (Å²) in [5, 5.41) is 17.7. The van der Waals surface area contributed by atoms with E-state index in [0.717, 1.165) is 37.7 Å². The Morgan fingerprint density at radius 2 is 2.21 bits per heavy atom. The lowest BCUT2D eigenvalue weighted by Gasteiger charge is -2.18. The summed E-state index contributed by atoms with van der Waals surface area (Å²) < 4.78 is 2.21. The number of likely N-dealkylation sites (tertiary alicyclic amines) is 1. The molecule has 0 amide bonds. The Morgan fingerprint density at radius 3 is 2.95 bits per heavy atom. The number of hydrogen-bond acceptors (Lipinski definition) is 4. The van der Waals surface area contributed by atoms with Gasteiger partial charge in [-0.1, -0.05) is 6.92 Å². The molecule has 104 valence electrons. The van der Waals surface area contributed by atoms with Crippen LogP contribution in [0.5, 0.6) is 0 Å². The molecule has 2 aliphatic rings. The fourth-order valence-corrected chi connectivity index (χ4v) is 3.20. The molecule has 0 unspecified atom stereocenters. The molecule has 3 rings (SSSR count). The molecule has 3 heterocycles. The summed E-state index contributed by atoms with van der Waals surface area (Å²) in [6, 6.07) is 0. The van der Waals surface area contributed by atoms with Crippen LogP contribution in [-0.4, -0.2) is 43.8 Å². The summed E-state index contributed by atoms with van der Waals surface area (Å²) in [7, 11) is 0. The van der Waals surface area contributed by atoms with E-state index in [1.54, 1.807) is 0 Å². The minimum atomic E-state index is -0.682. The zero-order chi connectivity index (χ0) is 13.4. The first-order valence-corrected chi connectivity index (χ1v) is 7.01. The molecule has 0 aliphatic carbocycles. The van der Waals surface area contributed by atoms with E-state index in [2.05, 4.69) is 19.7 Å². The normalized spacial score (nSPS) is 27.4. The van der Waals surface area contributed by atoms with Gasteiger partial charge in [-0.05, 0) is 18.8 Å². The van der Waals surface area contributed by atoms with Crippen molar-refractivity contribution in [2.75, 3.05) is 13.1 Å². The molecule has 1 aromatic heterocycles. The predicted molar refractivity (Wildman–Crippen MR) is 68.5 cm³/mol. The van der Waals surface area contributed by atoms with Gasteiger partial charge in [0, 0.05) is 26.1 Å². The topological polar surface area (TPSA) is 71.2 Å². The second-order valence-electron chi connectivity index (χ2n) is 5.76. The van der Waals surface area contributed by atoms with Crippen molar-refractivity contribution in [2.24, 2.45) is 11.8 Å². The van der Waals surface area contributed by atoms with Gasteiger partial charge < -0.3 is 9.67 Å². The molecular formula is C13H20N4O2. The Hall–Kier alpha value is -1.43. The number of carbonyl (C=O) groups is 1. The van der Waals surface area contributed by atoms with E-state index in [1.807, 2.05) is 6.92 Å². The highest BCUT2D eigenvalue weighted by Gasteiger charge is 2.35. The minimum Gasteiger partial charge on any atom is -0.481 e. The lowest BCUT2D eigenvalue weighted by Crippen LogP contribution is -2.25. The van der Waals surface area contributed by atoms with Crippen molar-refractivity contribution in [3.05, 3.63) is 11.6 Å². The van der Waals surface area contributed by atoms with Crippen molar-refractivity contribution in [3.63, 3.8) is 0 Å². The Bertz CT molecular complexity index is 485. The molecule has 6 nitrogen and oxygen atoms in total. The molecular weight excluding hydrogens is 244 g/mol. The van der Waals surface area contributed by atoms with E-state index in [4.69, 9.17) is 5.11 Å². The molecule has 0 saturated carbocycles. The third-order valence-electron chi connectivity index (χ3n) is 4.31. The number of aryl methyl sites for hydroxylation is 1. The summed E-state index contributed by atoms with van der Waals surface area (Å²) in [6.45, 7) is 5.19. The van der Waals surface area contributed by atoms with Crippen molar-refractivity contribution in [2.45, 2.75) is 39.3 Å². The van der Waals surface area contributed by atoms with Gasteiger partial charge in [0.05, 0.1) is 12.5 Å². The van der Waals surface area contributed by atoms with Crippen LogP contribution in [0.3, 0.4) is 0 Å². The number of carboxylic acid groups (broad SMARTS) is 1. The zero-order valence-electron chi connectivity index (χ0n) is 11.2. The average Bonchev–Trinajstić information content (AvgIpc) is 2.95. The lowest BCUT2D eigenvalue weighted by molar-refractivity contribution is -0.142. The number of carboxylic acids is 1. The van der Waals surface area contributed by atoms with Crippen LogP contribution >= 0.6 is 0 Å². The molecule has 2 aliphatic heterocycles. The summed E-state index contributed by atoms with van der Waals surface area (Å²) in [5.74, 6) is 1.36. The lowest BCUT2D eigenvalue weighted by atomic mass is 9.99. The average molecular weight is 264 g/mol. The predicted octanol–water partition coefficient (Wildman–Crippen LogP) is 0.767. The second-order valence-corrected chi connectivity index (χ2v) is 5.76. The van der Waals surface area contributed by atoms with Crippen molar-refractivity contribution in [3.8, 4) is 0 Å².